The second-order valence-corrected chi connectivity index (χ2v) is 4.38. The van der Waals surface area contributed by atoms with Crippen molar-refractivity contribution in [2.75, 3.05) is 26.8 Å². The van der Waals surface area contributed by atoms with E-state index in [4.69, 9.17) is 9.84 Å². The maximum absolute atomic E-state index is 12.1. The molecule has 2 atom stereocenters. The molecule has 1 fully saturated rings. The van der Waals surface area contributed by atoms with Crippen LogP contribution in [0.25, 0.3) is 0 Å². The maximum atomic E-state index is 12.1. The molecule has 1 aliphatic heterocycles. The van der Waals surface area contributed by atoms with Gasteiger partial charge in [0.1, 0.15) is 0 Å². The first-order valence-corrected chi connectivity index (χ1v) is 5.79. The van der Waals surface area contributed by atoms with Crippen LogP contribution < -0.4 is 10.6 Å². The number of rotatable bonds is 6. The van der Waals surface area contributed by atoms with Gasteiger partial charge >= 0.3 is 5.97 Å². The molecule has 0 aromatic carbocycles. The summed E-state index contributed by atoms with van der Waals surface area (Å²) in [5.41, 5.74) is -0.471. The molecule has 0 radical (unpaired) electrons. The van der Waals surface area contributed by atoms with Crippen LogP contribution in [-0.4, -0.2) is 49.8 Å². The van der Waals surface area contributed by atoms with Crippen molar-refractivity contribution >= 4 is 11.9 Å². The van der Waals surface area contributed by atoms with Crippen molar-refractivity contribution in [2.45, 2.75) is 25.8 Å². The number of carboxylic acid groups (broad SMARTS) is 1. The van der Waals surface area contributed by atoms with E-state index < -0.39 is 17.4 Å². The van der Waals surface area contributed by atoms with E-state index in [2.05, 4.69) is 10.6 Å². The quantitative estimate of drug-likeness (QED) is 0.591. The lowest BCUT2D eigenvalue weighted by Crippen LogP contribution is -2.51. The Morgan fingerprint density at radius 2 is 2.29 bits per heavy atom. The summed E-state index contributed by atoms with van der Waals surface area (Å²) in [6.45, 7) is 3.32. The monoisotopic (exact) mass is 244 g/mol. The van der Waals surface area contributed by atoms with E-state index in [1.807, 2.05) is 6.92 Å². The molecule has 0 aromatic heterocycles. The van der Waals surface area contributed by atoms with Gasteiger partial charge in [-0.25, -0.2) is 4.79 Å². The normalized spacial score (nSPS) is 25.5. The third kappa shape index (κ3) is 3.17. The molecule has 0 aromatic rings. The Labute approximate surface area is 101 Å². The molecule has 6 nitrogen and oxygen atoms in total. The van der Waals surface area contributed by atoms with Gasteiger partial charge in [-0.2, -0.15) is 0 Å². The van der Waals surface area contributed by atoms with E-state index in [0.29, 0.717) is 13.0 Å². The van der Waals surface area contributed by atoms with Crippen LogP contribution >= 0.6 is 0 Å². The molecule has 1 rings (SSSR count). The van der Waals surface area contributed by atoms with E-state index >= 15 is 0 Å². The summed E-state index contributed by atoms with van der Waals surface area (Å²) in [4.78, 5) is 23.0. The summed E-state index contributed by atoms with van der Waals surface area (Å²) in [7, 11) is 1.41. The number of carbonyl (C=O) groups excluding carboxylic acids is 1. The Bertz CT molecular complexity index is 287. The minimum absolute atomic E-state index is 0.0195. The van der Waals surface area contributed by atoms with E-state index in [0.717, 1.165) is 13.0 Å². The van der Waals surface area contributed by atoms with Gasteiger partial charge < -0.3 is 20.5 Å². The summed E-state index contributed by atoms with van der Waals surface area (Å²) in [5.74, 6) is -1.27. The fourth-order valence-corrected chi connectivity index (χ4v) is 2.05. The lowest BCUT2D eigenvalue weighted by molar-refractivity contribution is -0.145. The average Bonchev–Trinajstić information content (AvgIpc) is 2.78. The van der Waals surface area contributed by atoms with Crippen LogP contribution in [0.5, 0.6) is 0 Å². The number of hydrogen-bond acceptors (Lipinski definition) is 4. The van der Waals surface area contributed by atoms with Crippen molar-refractivity contribution in [1.29, 1.82) is 0 Å². The standard InChI is InChI=1S/C11H20N2O4/c1-3-11(4-5-12-7-11)10(16)13-8(6-17-2)9(14)15/h8,12H,3-7H2,1-2H3,(H,13,16)(H,14,15). The molecule has 0 saturated carbocycles. The highest BCUT2D eigenvalue weighted by molar-refractivity contribution is 5.88. The lowest BCUT2D eigenvalue weighted by atomic mass is 9.83. The average molecular weight is 244 g/mol. The molecule has 0 aliphatic carbocycles. The smallest absolute Gasteiger partial charge is 0.328 e. The van der Waals surface area contributed by atoms with E-state index in [-0.39, 0.29) is 12.5 Å². The van der Waals surface area contributed by atoms with Gasteiger partial charge in [0.15, 0.2) is 6.04 Å². The van der Waals surface area contributed by atoms with Crippen molar-refractivity contribution in [3.05, 3.63) is 0 Å². The van der Waals surface area contributed by atoms with Gasteiger partial charge in [0.05, 0.1) is 12.0 Å². The molecule has 1 aliphatic rings. The summed E-state index contributed by atoms with van der Waals surface area (Å²) in [6.07, 6.45) is 1.44. The second kappa shape index (κ2) is 5.97. The molecular formula is C11H20N2O4. The predicted molar refractivity (Wildman–Crippen MR) is 61.7 cm³/mol. The Balaban J connectivity index is 2.65. The zero-order valence-corrected chi connectivity index (χ0v) is 10.3. The first kappa shape index (κ1) is 13.9. The predicted octanol–water partition coefficient (Wildman–Crippen LogP) is -0.408. The van der Waals surface area contributed by atoms with Crippen molar-refractivity contribution in [3.63, 3.8) is 0 Å². The third-order valence-electron chi connectivity index (χ3n) is 3.34. The Morgan fingerprint density at radius 3 is 2.71 bits per heavy atom. The van der Waals surface area contributed by atoms with Gasteiger partial charge in [-0.3, -0.25) is 4.79 Å². The lowest BCUT2D eigenvalue weighted by Gasteiger charge is -2.27. The molecule has 0 spiro atoms. The summed E-state index contributed by atoms with van der Waals surface area (Å²) in [6, 6.07) is -0.975. The molecule has 1 saturated heterocycles. The molecule has 0 bridgehead atoms. The number of aliphatic carboxylic acids is 1. The number of nitrogens with one attached hydrogen (secondary N) is 2. The topological polar surface area (TPSA) is 87.7 Å². The highest BCUT2D eigenvalue weighted by Crippen LogP contribution is 2.29. The largest absolute Gasteiger partial charge is 0.480 e. The molecule has 3 N–H and O–H groups in total. The van der Waals surface area contributed by atoms with Crippen LogP contribution in [0, 0.1) is 5.41 Å². The van der Waals surface area contributed by atoms with Crippen molar-refractivity contribution < 1.29 is 19.4 Å². The zero-order valence-electron chi connectivity index (χ0n) is 10.3. The van der Waals surface area contributed by atoms with Crippen LogP contribution in [0.1, 0.15) is 19.8 Å². The molecule has 2 unspecified atom stereocenters. The van der Waals surface area contributed by atoms with Crippen molar-refractivity contribution in [2.24, 2.45) is 5.41 Å². The minimum Gasteiger partial charge on any atom is -0.480 e. The molecule has 6 heteroatoms. The fraction of sp³-hybridized carbons (Fsp3) is 0.818. The first-order valence-electron chi connectivity index (χ1n) is 5.79. The molecule has 17 heavy (non-hydrogen) atoms. The van der Waals surface area contributed by atoms with Gasteiger partial charge in [0, 0.05) is 13.7 Å². The minimum atomic E-state index is -1.07. The first-order chi connectivity index (χ1) is 8.05. The summed E-state index contributed by atoms with van der Waals surface area (Å²) >= 11 is 0. The molecule has 1 heterocycles. The summed E-state index contributed by atoms with van der Waals surface area (Å²) < 4.78 is 4.78. The SMILES string of the molecule is CCC1(C(=O)NC(COC)C(=O)O)CCNC1. The number of carbonyl (C=O) groups is 2. The number of hydrogen-bond donors (Lipinski definition) is 3. The molecule has 1 amide bonds. The second-order valence-electron chi connectivity index (χ2n) is 4.38. The van der Waals surface area contributed by atoms with Crippen molar-refractivity contribution in [1.82, 2.24) is 10.6 Å². The van der Waals surface area contributed by atoms with Gasteiger partial charge in [-0.05, 0) is 19.4 Å². The van der Waals surface area contributed by atoms with E-state index in [1.165, 1.54) is 7.11 Å². The molecular weight excluding hydrogens is 224 g/mol. The third-order valence-corrected chi connectivity index (χ3v) is 3.34. The Kier molecular flexibility index (Phi) is 4.89. The van der Waals surface area contributed by atoms with Gasteiger partial charge in [-0.15, -0.1) is 0 Å². The highest BCUT2D eigenvalue weighted by atomic mass is 16.5. The van der Waals surface area contributed by atoms with Gasteiger partial charge in [-0.1, -0.05) is 6.92 Å². The van der Waals surface area contributed by atoms with Crippen molar-refractivity contribution in [3.8, 4) is 0 Å². The number of methoxy groups -OCH3 is 1. The zero-order chi connectivity index (χ0) is 12.9. The van der Waals surface area contributed by atoms with Crippen LogP contribution in [0.15, 0.2) is 0 Å². The highest BCUT2D eigenvalue weighted by Gasteiger charge is 2.40. The van der Waals surface area contributed by atoms with Crippen LogP contribution in [0.4, 0.5) is 0 Å². The maximum Gasteiger partial charge on any atom is 0.328 e. The van der Waals surface area contributed by atoms with Gasteiger partial charge in [0.25, 0.3) is 0 Å². The van der Waals surface area contributed by atoms with E-state index in [1.54, 1.807) is 0 Å². The van der Waals surface area contributed by atoms with Gasteiger partial charge in [0.2, 0.25) is 5.91 Å². The Morgan fingerprint density at radius 1 is 1.59 bits per heavy atom. The number of amides is 1. The van der Waals surface area contributed by atoms with Crippen LogP contribution in [0.3, 0.4) is 0 Å². The van der Waals surface area contributed by atoms with E-state index in [9.17, 15) is 9.59 Å². The Hall–Kier alpha value is -1.14. The number of carboxylic acids is 1. The van der Waals surface area contributed by atoms with Crippen LogP contribution in [-0.2, 0) is 14.3 Å². The van der Waals surface area contributed by atoms with Crippen LogP contribution in [0.2, 0.25) is 0 Å². The molecule has 98 valence electrons. The fourth-order valence-electron chi connectivity index (χ4n) is 2.05. The number of ether oxygens (including phenoxy) is 1. The summed E-state index contributed by atoms with van der Waals surface area (Å²) in [5, 5.41) is 14.6.